The Hall–Kier alpha value is -2.50. The summed E-state index contributed by atoms with van der Waals surface area (Å²) in [6.07, 6.45) is -3.52. The van der Waals surface area contributed by atoms with Gasteiger partial charge in [0.25, 0.3) is 0 Å². The van der Waals surface area contributed by atoms with E-state index in [1.807, 2.05) is 22.6 Å². The van der Waals surface area contributed by atoms with Gasteiger partial charge in [-0.1, -0.05) is 25.7 Å². The number of alkyl halides is 3. The summed E-state index contributed by atoms with van der Waals surface area (Å²) < 4.78 is 67.2. The van der Waals surface area contributed by atoms with Gasteiger partial charge in [0, 0.05) is 31.6 Å². The lowest BCUT2D eigenvalue weighted by Gasteiger charge is -2.35. The van der Waals surface area contributed by atoms with E-state index in [-0.39, 0.29) is 31.3 Å². The summed E-state index contributed by atoms with van der Waals surface area (Å²) in [5, 5.41) is 2.65. The molecule has 3 amide bonds. The van der Waals surface area contributed by atoms with E-state index in [9.17, 15) is 27.2 Å². The summed E-state index contributed by atoms with van der Waals surface area (Å²) in [6.45, 7) is 6.69. The van der Waals surface area contributed by atoms with Crippen molar-refractivity contribution < 1.29 is 41.4 Å². The third-order valence-electron chi connectivity index (χ3n) is 5.63. The van der Waals surface area contributed by atoms with Crippen LogP contribution in [0.2, 0.25) is 25.7 Å². The molecule has 1 aliphatic heterocycles. The summed E-state index contributed by atoms with van der Waals surface area (Å²) in [7, 11) is 0.0176. The second-order valence-electron chi connectivity index (χ2n) is 9.95. The number of rotatable bonds is 10. The van der Waals surface area contributed by atoms with Crippen molar-refractivity contribution in [3.8, 4) is 5.75 Å². The molecule has 3 rings (SSSR count). The van der Waals surface area contributed by atoms with E-state index < -0.39 is 44.0 Å². The highest BCUT2D eigenvalue weighted by Gasteiger charge is 2.36. The zero-order chi connectivity index (χ0) is 29.0. The predicted molar refractivity (Wildman–Crippen MR) is 147 cm³/mol. The largest absolute Gasteiger partial charge is 0.573 e. The van der Waals surface area contributed by atoms with Crippen molar-refractivity contribution in [2.45, 2.75) is 38.1 Å². The lowest BCUT2D eigenvalue weighted by molar-refractivity contribution is -0.275. The molecule has 0 bridgehead atoms. The van der Waals surface area contributed by atoms with Crippen LogP contribution in [0.3, 0.4) is 0 Å². The number of amides is 3. The molecule has 0 saturated heterocycles. The molecule has 0 spiro atoms. The number of carbonyl (C=O) groups is 2. The van der Waals surface area contributed by atoms with Gasteiger partial charge in [-0.15, -0.1) is 13.2 Å². The summed E-state index contributed by atoms with van der Waals surface area (Å²) in [6, 6.07) is 3.77. The Morgan fingerprint density at radius 3 is 2.59 bits per heavy atom. The van der Waals surface area contributed by atoms with Crippen molar-refractivity contribution >= 4 is 54.1 Å². The minimum Gasteiger partial charge on any atom is -0.403 e. The van der Waals surface area contributed by atoms with Gasteiger partial charge in [-0.2, -0.15) is 0 Å². The summed E-state index contributed by atoms with van der Waals surface area (Å²) in [4.78, 5) is 33.3. The molecule has 1 aromatic carbocycles. The molecule has 2 aromatic rings. The van der Waals surface area contributed by atoms with Gasteiger partial charge >= 0.3 is 12.4 Å². The molecular formula is C24H29F4IN4O5Si. The minimum absolute atomic E-state index is 0.00542. The van der Waals surface area contributed by atoms with Gasteiger partial charge in [-0.3, -0.25) is 14.6 Å². The zero-order valence-electron chi connectivity index (χ0n) is 21.8. The molecule has 1 aromatic heterocycles. The molecule has 0 aliphatic carbocycles. The number of aromatic nitrogens is 1. The predicted octanol–water partition coefficient (Wildman–Crippen LogP) is 5.29. The van der Waals surface area contributed by atoms with Crippen LogP contribution < -0.4 is 19.9 Å². The molecule has 39 heavy (non-hydrogen) atoms. The molecule has 9 nitrogen and oxygen atoms in total. The molecule has 0 saturated carbocycles. The first-order valence-corrected chi connectivity index (χ1v) is 16.6. The SMILES string of the molecule is COCC(NC(=O)N1CC(=O)N(COCC[Si](C)(C)C)c2cc(I)cnc21)c1ccc(OC(F)(F)F)c(F)c1. The number of halogens is 5. The van der Waals surface area contributed by atoms with E-state index in [0.717, 1.165) is 26.6 Å². The van der Waals surface area contributed by atoms with Gasteiger partial charge < -0.3 is 19.5 Å². The Kier molecular flexibility index (Phi) is 10.2. The number of hydrogen-bond acceptors (Lipinski definition) is 6. The van der Waals surface area contributed by atoms with Crippen LogP contribution in [0, 0.1) is 9.39 Å². The Morgan fingerprint density at radius 2 is 1.97 bits per heavy atom. The van der Waals surface area contributed by atoms with Crippen LogP contribution in [0.1, 0.15) is 11.6 Å². The average molecular weight is 685 g/mol. The standard InChI is InChI=1S/C24H29F4IN4O5Si/c1-36-13-18(15-5-6-20(17(25)9-15)38-24(26,27)28)31-23(35)32-12-21(34)33(14-37-7-8-39(2,3)4)19-10-16(29)11-30-22(19)32/h5-6,9-11,18H,7-8,12-14H2,1-4H3,(H,31,35). The average Bonchev–Trinajstić information content (AvgIpc) is 2.82. The van der Waals surface area contributed by atoms with E-state index >= 15 is 0 Å². The van der Waals surface area contributed by atoms with Crippen LogP contribution in [0.25, 0.3) is 0 Å². The monoisotopic (exact) mass is 684 g/mol. The van der Waals surface area contributed by atoms with Gasteiger partial charge in [-0.25, -0.2) is 14.2 Å². The fourth-order valence-electron chi connectivity index (χ4n) is 3.66. The Balaban J connectivity index is 1.80. The fourth-order valence-corrected chi connectivity index (χ4v) is 4.85. The van der Waals surface area contributed by atoms with Crippen LogP contribution in [-0.4, -0.2) is 65.0 Å². The maximum Gasteiger partial charge on any atom is 0.573 e. The lowest BCUT2D eigenvalue weighted by atomic mass is 10.1. The number of benzene rings is 1. The van der Waals surface area contributed by atoms with E-state index in [2.05, 4.69) is 34.7 Å². The maximum absolute atomic E-state index is 14.3. The molecule has 0 radical (unpaired) electrons. The van der Waals surface area contributed by atoms with Crippen LogP contribution in [0.5, 0.6) is 5.75 Å². The maximum atomic E-state index is 14.3. The molecule has 1 unspecified atom stereocenters. The normalized spacial score (nSPS) is 14.7. The van der Waals surface area contributed by atoms with E-state index in [1.54, 1.807) is 12.3 Å². The number of hydrogen-bond donors (Lipinski definition) is 1. The first-order valence-electron chi connectivity index (χ1n) is 11.8. The number of anilines is 2. The smallest absolute Gasteiger partial charge is 0.403 e. The molecule has 0 fully saturated rings. The Labute approximate surface area is 237 Å². The van der Waals surface area contributed by atoms with Crippen molar-refractivity contribution in [1.82, 2.24) is 10.3 Å². The number of fused-ring (bicyclic) bond motifs is 1. The van der Waals surface area contributed by atoms with Crippen molar-refractivity contribution in [3.63, 3.8) is 0 Å². The molecule has 1 N–H and O–H groups in total. The number of methoxy groups -OCH3 is 1. The molecule has 2 heterocycles. The van der Waals surface area contributed by atoms with Crippen LogP contribution in [0.4, 0.5) is 33.9 Å². The molecule has 214 valence electrons. The summed E-state index contributed by atoms with van der Waals surface area (Å²) in [5.41, 5.74) is 0.526. The number of urea groups is 1. The van der Waals surface area contributed by atoms with Crippen molar-refractivity contribution in [2.24, 2.45) is 0 Å². The summed E-state index contributed by atoms with van der Waals surface area (Å²) >= 11 is 2.05. The second kappa shape index (κ2) is 12.8. The lowest BCUT2D eigenvalue weighted by Crippen LogP contribution is -2.53. The first-order chi connectivity index (χ1) is 18.2. The Bertz CT molecular complexity index is 1200. The van der Waals surface area contributed by atoms with Gasteiger partial charge in [0.2, 0.25) is 5.91 Å². The number of ether oxygens (including phenoxy) is 3. The third kappa shape index (κ3) is 8.74. The third-order valence-corrected chi connectivity index (χ3v) is 7.93. The quantitative estimate of drug-likeness (QED) is 0.159. The van der Waals surface area contributed by atoms with Gasteiger partial charge in [0.15, 0.2) is 17.4 Å². The first kappa shape index (κ1) is 31.0. The molecular weight excluding hydrogens is 655 g/mol. The van der Waals surface area contributed by atoms with Crippen molar-refractivity contribution in [3.05, 3.63) is 45.4 Å². The summed E-state index contributed by atoms with van der Waals surface area (Å²) in [5.74, 6) is -2.44. The number of nitrogens with zero attached hydrogens (tertiary/aromatic N) is 3. The van der Waals surface area contributed by atoms with Crippen LogP contribution in [0.15, 0.2) is 30.5 Å². The zero-order valence-corrected chi connectivity index (χ0v) is 24.9. The van der Waals surface area contributed by atoms with Crippen molar-refractivity contribution in [2.75, 3.05) is 43.4 Å². The van der Waals surface area contributed by atoms with Crippen LogP contribution in [-0.2, 0) is 14.3 Å². The fraction of sp³-hybridized carbons (Fsp3) is 0.458. The second-order valence-corrected chi connectivity index (χ2v) is 16.8. The van der Waals surface area contributed by atoms with Gasteiger partial charge in [-0.05, 0) is 52.4 Å². The van der Waals surface area contributed by atoms with Gasteiger partial charge in [0.05, 0.1) is 18.3 Å². The molecule has 1 aliphatic rings. The highest BCUT2D eigenvalue weighted by atomic mass is 127. The molecule has 15 heteroatoms. The number of pyridine rings is 1. The highest BCUT2D eigenvalue weighted by Crippen LogP contribution is 2.34. The topological polar surface area (TPSA) is 93.2 Å². The van der Waals surface area contributed by atoms with Crippen LogP contribution >= 0.6 is 22.6 Å². The van der Waals surface area contributed by atoms with E-state index in [4.69, 9.17) is 9.47 Å². The molecule has 1 atom stereocenters. The number of nitrogens with one attached hydrogen (secondary N) is 1. The number of carbonyl (C=O) groups excluding carboxylic acids is 2. The Morgan fingerprint density at radius 1 is 1.26 bits per heavy atom. The minimum atomic E-state index is -5.06. The van der Waals surface area contributed by atoms with E-state index in [1.165, 1.54) is 18.1 Å². The van der Waals surface area contributed by atoms with Gasteiger partial charge in [0.1, 0.15) is 13.3 Å². The van der Waals surface area contributed by atoms with Crippen molar-refractivity contribution in [1.29, 1.82) is 0 Å². The highest BCUT2D eigenvalue weighted by molar-refractivity contribution is 14.1. The van der Waals surface area contributed by atoms with E-state index in [0.29, 0.717) is 12.3 Å².